The minimum Gasteiger partial charge on any atom is -0.453 e. The Morgan fingerprint density at radius 3 is 2.55 bits per heavy atom. The standard InChI is InChI=1S/C24H27FN6O2/c1-24(2,3)31-12-9-17(15-31)28-23(32)29-20-6-5-19(16-13-27-30(4)14-16)22(21(20)25)33-18-7-10-26-11-8-18/h5-13,15,27H,14H2,1-4H3,(H2,28,29,32). The molecule has 3 aromatic rings. The lowest BCUT2D eigenvalue weighted by Crippen LogP contribution is -2.24. The maximum atomic E-state index is 15.6. The fourth-order valence-electron chi connectivity index (χ4n) is 3.40. The lowest BCUT2D eigenvalue weighted by Gasteiger charge is -2.20. The zero-order chi connectivity index (χ0) is 23.6. The first-order chi connectivity index (χ1) is 15.7. The van der Waals surface area contributed by atoms with Crippen LogP contribution in [0.2, 0.25) is 0 Å². The van der Waals surface area contributed by atoms with Gasteiger partial charge in [-0.25, -0.2) is 14.2 Å². The number of ether oxygens (including phenoxy) is 1. The Morgan fingerprint density at radius 2 is 1.91 bits per heavy atom. The molecule has 0 spiro atoms. The van der Waals surface area contributed by atoms with Gasteiger partial charge >= 0.3 is 6.03 Å². The Hall–Kier alpha value is -3.85. The van der Waals surface area contributed by atoms with E-state index in [1.165, 1.54) is 6.07 Å². The first-order valence-electron chi connectivity index (χ1n) is 10.5. The zero-order valence-electron chi connectivity index (χ0n) is 19.0. The van der Waals surface area contributed by atoms with Crippen molar-refractivity contribution >= 4 is 23.0 Å². The summed E-state index contributed by atoms with van der Waals surface area (Å²) in [6, 6.07) is 7.79. The second-order valence-electron chi connectivity index (χ2n) is 8.80. The molecule has 33 heavy (non-hydrogen) atoms. The molecule has 3 N–H and O–H groups in total. The number of carbonyl (C=O) groups excluding carboxylic acids is 1. The van der Waals surface area contributed by atoms with Crippen molar-refractivity contribution in [2.24, 2.45) is 0 Å². The molecule has 0 atom stereocenters. The number of urea groups is 1. The fourth-order valence-corrected chi connectivity index (χ4v) is 3.40. The van der Waals surface area contributed by atoms with Gasteiger partial charge in [-0.05, 0) is 56.7 Å². The number of hydrogen-bond acceptors (Lipinski definition) is 5. The maximum absolute atomic E-state index is 15.6. The predicted molar refractivity (Wildman–Crippen MR) is 127 cm³/mol. The van der Waals surface area contributed by atoms with Gasteiger partial charge in [0.05, 0.1) is 11.4 Å². The molecule has 172 valence electrons. The first kappa shape index (κ1) is 22.3. The van der Waals surface area contributed by atoms with Crippen molar-refractivity contribution < 1.29 is 13.9 Å². The Balaban J connectivity index is 1.58. The van der Waals surface area contributed by atoms with E-state index in [2.05, 4.69) is 41.8 Å². The number of rotatable bonds is 5. The lowest BCUT2D eigenvalue weighted by molar-refractivity contribution is 0.262. The molecule has 0 saturated heterocycles. The van der Waals surface area contributed by atoms with Crippen molar-refractivity contribution in [3.63, 3.8) is 0 Å². The van der Waals surface area contributed by atoms with Crippen LogP contribution in [0.25, 0.3) is 5.57 Å². The number of anilines is 2. The highest BCUT2D eigenvalue weighted by atomic mass is 19.1. The summed E-state index contributed by atoms with van der Waals surface area (Å²) in [4.78, 5) is 16.5. The van der Waals surface area contributed by atoms with Crippen LogP contribution in [0.5, 0.6) is 11.5 Å². The first-order valence-corrected chi connectivity index (χ1v) is 10.5. The molecule has 4 rings (SSSR count). The van der Waals surface area contributed by atoms with E-state index in [1.54, 1.807) is 42.9 Å². The minimum absolute atomic E-state index is 0.00970. The van der Waals surface area contributed by atoms with Gasteiger partial charge in [0.15, 0.2) is 11.6 Å². The fraction of sp³-hybridized carbons (Fsp3) is 0.250. The van der Waals surface area contributed by atoms with Crippen LogP contribution in [-0.2, 0) is 5.54 Å². The van der Waals surface area contributed by atoms with Crippen molar-refractivity contribution in [3.8, 4) is 11.5 Å². The smallest absolute Gasteiger partial charge is 0.323 e. The number of carbonyl (C=O) groups is 1. The molecule has 0 fully saturated rings. The van der Waals surface area contributed by atoms with E-state index < -0.39 is 11.8 Å². The number of nitrogens with one attached hydrogen (secondary N) is 3. The third kappa shape index (κ3) is 5.15. The van der Waals surface area contributed by atoms with Crippen LogP contribution in [-0.4, -0.2) is 34.2 Å². The minimum atomic E-state index is -0.665. The van der Waals surface area contributed by atoms with Gasteiger partial charge < -0.3 is 25.4 Å². The monoisotopic (exact) mass is 450 g/mol. The molecule has 1 aromatic carbocycles. The Bertz CT molecular complexity index is 1180. The van der Waals surface area contributed by atoms with Gasteiger partial charge in [-0.2, -0.15) is 0 Å². The normalized spacial score (nSPS) is 13.9. The third-order valence-electron chi connectivity index (χ3n) is 5.15. The molecule has 0 bridgehead atoms. The highest BCUT2D eigenvalue weighted by molar-refractivity contribution is 6.00. The summed E-state index contributed by atoms with van der Waals surface area (Å²) in [5, 5.41) is 7.20. The summed E-state index contributed by atoms with van der Waals surface area (Å²) in [7, 11) is 1.89. The quantitative estimate of drug-likeness (QED) is 0.509. The Labute approximate surface area is 192 Å². The van der Waals surface area contributed by atoms with E-state index >= 15 is 4.39 Å². The van der Waals surface area contributed by atoms with Crippen molar-refractivity contribution in [1.29, 1.82) is 0 Å². The van der Waals surface area contributed by atoms with E-state index in [0.717, 1.165) is 5.57 Å². The van der Waals surface area contributed by atoms with Crippen LogP contribution in [0.15, 0.2) is 61.3 Å². The van der Waals surface area contributed by atoms with Gasteiger partial charge in [-0.1, -0.05) is 0 Å². The van der Waals surface area contributed by atoms with Crippen molar-refractivity contribution in [2.75, 3.05) is 24.2 Å². The third-order valence-corrected chi connectivity index (χ3v) is 5.15. The number of halogens is 1. The van der Waals surface area contributed by atoms with Crippen LogP contribution in [0.4, 0.5) is 20.6 Å². The number of nitrogens with zero attached hydrogens (tertiary/aromatic N) is 3. The molecular weight excluding hydrogens is 423 g/mol. The van der Waals surface area contributed by atoms with Crippen LogP contribution in [0.1, 0.15) is 26.3 Å². The second kappa shape index (κ2) is 8.95. The topological polar surface area (TPSA) is 83.5 Å². The number of amides is 2. The van der Waals surface area contributed by atoms with Crippen molar-refractivity contribution in [2.45, 2.75) is 26.3 Å². The average Bonchev–Trinajstić information content (AvgIpc) is 3.41. The molecule has 2 aromatic heterocycles. The van der Waals surface area contributed by atoms with E-state index in [1.807, 2.05) is 29.0 Å². The summed E-state index contributed by atoms with van der Waals surface area (Å²) in [6.07, 6.45) is 8.64. The van der Waals surface area contributed by atoms with Gasteiger partial charge in [0.25, 0.3) is 0 Å². The molecule has 0 unspecified atom stereocenters. The molecule has 1 aliphatic rings. The van der Waals surface area contributed by atoms with Crippen LogP contribution < -0.4 is 20.8 Å². The number of benzene rings is 1. The summed E-state index contributed by atoms with van der Waals surface area (Å²) in [5.41, 5.74) is 5.02. The second-order valence-corrected chi connectivity index (χ2v) is 8.80. The average molecular weight is 451 g/mol. The van der Waals surface area contributed by atoms with E-state index in [-0.39, 0.29) is 17.0 Å². The molecular formula is C24H27FN6O2. The van der Waals surface area contributed by atoms with Gasteiger partial charge in [-0.15, -0.1) is 0 Å². The number of hydrazine groups is 1. The highest BCUT2D eigenvalue weighted by Crippen LogP contribution is 2.37. The van der Waals surface area contributed by atoms with Gasteiger partial charge in [0.2, 0.25) is 0 Å². The summed E-state index contributed by atoms with van der Waals surface area (Å²) < 4.78 is 23.5. The molecule has 9 heteroatoms. The number of aromatic nitrogens is 2. The highest BCUT2D eigenvalue weighted by Gasteiger charge is 2.23. The maximum Gasteiger partial charge on any atom is 0.323 e. The van der Waals surface area contributed by atoms with Crippen LogP contribution in [0.3, 0.4) is 0 Å². The number of likely N-dealkylation sites (N-methyl/N-ethyl adjacent to an activating group) is 1. The SMILES string of the molecule is CN1CC(c2ccc(NC(=O)Nc3ccn(C(C)(C)C)c3)c(F)c2Oc2ccncc2)=CN1. The Morgan fingerprint density at radius 1 is 1.15 bits per heavy atom. The van der Waals surface area contributed by atoms with Crippen LogP contribution >= 0.6 is 0 Å². The van der Waals surface area contributed by atoms with Gasteiger partial charge in [0.1, 0.15) is 5.75 Å². The zero-order valence-corrected chi connectivity index (χ0v) is 19.0. The van der Waals surface area contributed by atoms with E-state index in [0.29, 0.717) is 23.5 Å². The summed E-state index contributed by atoms with van der Waals surface area (Å²) >= 11 is 0. The van der Waals surface area contributed by atoms with E-state index in [9.17, 15) is 4.79 Å². The molecule has 0 saturated carbocycles. The predicted octanol–water partition coefficient (Wildman–Crippen LogP) is 5.00. The lowest BCUT2D eigenvalue weighted by atomic mass is 10.0. The molecule has 0 radical (unpaired) electrons. The molecule has 1 aliphatic heterocycles. The van der Waals surface area contributed by atoms with Crippen LogP contribution in [0, 0.1) is 5.82 Å². The van der Waals surface area contributed by atoms with Gasteiger partial charge in [0, 0.05) is 55.7 Å². The van der Waals surface area contributed by atoms with Crippen molar-refractivity contribution in [1.82, 2.24) is 20.0 Å². The number of pyridine rings is 1. The molecule has 3 heterocycles. The molecule has 0 aliphatic carbocycles. The van der Waals surface area contributed by atoms with Crippen molar-refractivity contribution in [3.05, 3.63) is 72.7 Å². The molecule has 2 amide bonds. The van der Waals surface area contributed by atoms with E-state index in [4.69, 9.17) is 4.74 Å². The summed E-state index contributed by atoms with van der Waals surface area (Å²) in [5.74, 6) is -0.196. The summed E-state index contributed by atoms with van der Waals surface area (Å²) in [6.45, 7) is 6.76. The largest absolute Gasteiger partial charge is 0.453 e. The number of hydrogen-bond donors (Lipinski definition) is 3. The van der Waals surface area contributed by atoms with Gasteiger partial charge in [-0.3, -0.25) is 4.98 Å². The molecule has 8 nitrogen and oxygen atoms in total. The Kier molecular flexibility index (Phi) is 6.06.